The number of nitrogens with zero attached hydrogens (tertiary/aromatic N) is 3. The summed E-state index contributed by atoms with van der Waals surface area (Å²) < 4.78 is 4.92. The second kappa shape index (κ2) is 13.1. The van der Waals surface area contributed by atoms with E-state index in [0.29, 0.717) is 0 Å². The Morgan fingerprint density at radius 3 is 1.59 bits per heavy atom. The Kier molecular flexibility index (Phi) is 7.11. The number of hydrogen-bond acceptors (Lipinski definition) is 1. The molecule has 0 aliphatic heterocycles. The zero-order valence-corrected chi connectivity index (χ0v) is 34.2. The van der Waals surface area contributed by atoms with Gasteiger partial charge in [-0.1, -0.05) is 164 Å². The fourth-order valence-corrected chi connectivity index (χ4v) is 10.7. The summed E-state index contributed by atoms with van der Waals surface area (Å²) in [6, 6.07) is 82.7. The van der Waals surface area contributed by atoms with Gasteiger partial charge in [-0.2, -0.15) is 0 Å². The molecule has 3 aromatic heterocycles. The summed E-state index contributed by atoms with van der Waals surface area (Å²) >= 11 is 0. The highest BCUT2D eigenvalue weighted by Crippen LogP contribution is 2.44. The number of benzene rings is 11. The Hall–Kier alpha value is -8.40. The van der Waals surface area contributed by atoms with Gasteiger partial charge in [0.05, 0.1) is 27.8 Å². The molecule has 11 aromatic carbocycles. The molecule has 292 valence electrons. The molecule has 0 atom stereocenters. The largest absolute Gasteiger partial charge is 0.310 e. The monoisotopic (exact) mass is 799 g/mol. The van der Waals surface area contributed by atoms with Gasteiger partial charge in [0.15, 0.2) is 0 Å². The lowest BCUT2D eigenvalue weighted by Crippen LogP contribution is -2.10. The molecule has 14 rings (SSSR count). The van der Waals surface area contributed by atoms with Crippen LogP contribution in [0.2, 0.25) is 0 Å². The summed E-state index contributed by atoms with van der Waals surface area (Å²) in [6.45, 7) is 0. The van der Waals surface area contributed by atoms with Gasteiger partial charge in [-0.3, -0.25) is 8.80 Å². The van der Waals surface area contributed by atoms with Gasteiger partial charge in [0.25, 0.3) is 0 Å². The van der Waals surface area contributed by atoms with Crippen LogP contribution in [0.3, 0.4) is 0 Å². The summed E-state index contributed by atoms with van der Waals surface area (Å²) in [4.78, 5) is 2.41. The van der Waals surface area contributed by atoms with Gasteiger partial charge < -0.3 is 4.90 Å². The van der Waals surface area contributed by atoms with E-state index in [1.165, 1.54) is 109 Å². The van der Waals surface area contributed by atoms with Crippen LogP contribution in [0.25, 0.3) is 109 Å². The average Bonchev–Trinajstić information content (AvgIpc) is 3.99. The molecule has 0 N–H and O–H groups in total. The highest BCUT2D eigenvalue weighted by atomic mass is 15.1. The molecule has 3 nitrogen and oxygen atoms in total. The average molecular weight is 800 g/mol. The van der Waals surface area contributed by atoms with Gasteiger partial charge in [-0.05, 0) is 121 Å². The molecule has 0 radical (unpaired) electrons. The van der Waals surface area contributed by atoms with Crippen LogP contribution in [0.15, 0.2) is 224 Å². The van der Waals surface area contributed by atoms with Crippen molar-refractivity contribution < 1.29 is 0 Å². The lowest BCUT2D eigenvalue weighted by atomic mass is 9.96. The van der Waals surface area contributed by atoms with E-state index in [1.807, 2.05) is 0 Å². The first-order valence-electron chi connectivity index (χ1n) is 21.8. The van der Waals surface area contributed by atoms with Crippen molar-refractivity contribution in [3.05, 3.63) is 224 Å². The highest BCUT2D eigenvalue weighted by Gasteiger charge is 2.23. The van der Waals surface area contributed by atoms with Crippen LogP contribution in [0.4, 0.5) is 17.1 Å². The molecule has 0 aliphatic carbocycles. The topological polar surface area (TPSA) is 12.1 Å². The lowest BCUT2D eigenvalue weighted by Gasteiger charge is -2.27. The first kappa shape index (κ1) is 34.3. The molecule has 63 heavy (non-hydrogen) atoms. The van der Waals surface area contributed by atoms with Crippen molar-refractivity contribution in [2.45, 2.75) is 0 Å². The maximum absolute atomic E-state index is 2.47. The zero-order chi connectivity index (χ0) is 41.2. The van der Waals surface area contributed by atoms with Crippen molar-refractivity contribution in [2.75, 3.05) is 4.90 Å². The van der Waals surface area contributed by atoms with E-state index in [1.54, 1.807) is 0 Å². The van der Waals surface area contributed by atoms with Crippen molar-refractivity contribution in [1.29, 1.82) is 0 Å². The van der Waals surface area contributed by atoms with Crippen LogP contribution < -0.4 is 4.90 Å². The molecule has 0 aliphatic rings. The standard InChI is InChI=1S/C60H37N3/c1-3-15-47-38(11-1)13-9-19-48(47)40-25-29-45(30-26-40)61(54-22-10-14-39-12-2-4-16-51(39)54)46-31-33-50-44(36-46)24-23-43-35-41(27-32-49(43)50)42-28-34-57-58(37-42)63-56-21-8-6-18-53(56)59-52-17-5-7-20-55(52)62(57)60(59)63/h1-37H. The van der Waals surface area contributed by atoms with E-state index in [4.69, 9.17) is 0 Å². The van der Waals surface area contributed by atoms with E-state index >= 15 is 0 Å². The predicted molar refractivity (Wildman–Crippen MR) is 268 cm³/mol. The summed E-state index contributed by atoms with van der Waals surface area (Å²) in [7, 11) is 0. The van der Waals surface area contributed by atoms with Crippen molar-refractivity contribution in [1.82, 2.24) is 8.80 Å². The van der Waals surface area contributed by atoms with E-state index in [0.717, 1.165) is 17.1 Å². The molecule has 0 bridgehead atoms. The van der Waals surface area contributed by atoms with Crippen LogP contribution >= 0.6 is 0 Å². The van der Waals surface area contributed by atoms with Gasteiger partial charge in [0.1, 0.15) is 5.65 Å². The van der Waals surface area contributed by atoms with Crippen LogP contribution in [-0.2, 0) is 0 Å². The maximum atomic E-state index is 2.47. The number of rotatable bonds is 5. The molecule has 3 heteroatoms. The summed E-state index contributed by atoms with van der Waals surface area (Å²) in [5.41, 5.74) is 14.5. The van der Waals surface area contributed by atoms with Gasteiger partial charge in [0.2, 0.25) is 0 Å². The first-order valence-corrected chi connectivity index (χ1v) is 21.8. The lowest BCUT2D eigenvalue weighted by molar-refractivity contribution is 1.28. The van der Waals surface area contributed by atoms with Crippen LogP contribution in [0.1, 0.15) is 0 Å². The zero-order valence-electron chi connectivity index (χ0n) is 34.2. The van der Waals surface area contributed by atoms with Crippen LogP contribution in [-0.4, -0.2) is 8.80 Å². The summed E-state index contributed by atoms with van der Waals surface area (Å²) in [5, 5.41) is 13.8. The third kappa shape index (κ3) is 4.96. The number of imidazole rings is 1. The molecule has 0 saturated carbocycles. The number of hydrogen-bond donors (Lipinski definition) is 0. The van der Waals surface area contributed by atoms with E-state index in [2.05, 4.69) is 238 Å². The second-order valence-electron chi connectivity index (χ2n) is 16.9. The van der Waals surface area contributed by atoms with Gasteiger partial charge in [-0.25, -0.2) is 0 Å². The Bertz CT molecular complexity index is 4130. The van der Waals surface area contributed by atoms with Gasteiger partial charge >= 0.3 is 0 Å². The third-order valence-electron chi connectivity index (χ3n) is 13.6. The van der Waals surface area contributed by atoms with Crippen LogP contribution in [0, 0.1) is 0 Å². The molecule has 0 unspecified atom stereocenters. The van der Waals surface area contributed by atoms with Gasteiger partial charge in [-0.15, -0.1) is 0 Å². The fourth-order valence-electron chi connectivity index (χ4n) is 10.7. The summed E-state index contributed by atoms with van der Waals surface area (Å²) in [6.07, 6.45) is 0. The molecular formula is C60H37N3. The highest BCUT2D eigenvalue weighted by molar-refractivity contribution is 6.24. The molecule has 0 saturated heterocycles. The Balaban J connectivity index is 0.882. The number of para-hydroxylation sites is 2. The Labute approximate surface area is 362 Å². The van der Waals surface area contributed by atoms with Crippen LogP contribution in [0.5, 0.6) is 0 Å². The third-order valence-corrected chi connectivity index (χ3v) is 13.6. The minimum absolute atomic E-state index is 1.11. The number of fused-ring (bicyclic) bond motifs is 14. The quantitative estimate of drug-likeness (QED) is 0.158. The van der Waals surface area contributed by atoms with E-state index < -0.39 is 0 Å². The van der Waals surface area contributed by atoms with Crippen molar-refractivity contribution in [2.24, 2.45) is 0 Å². The Morgan fingerprint density at radius 2 is 0.825 bits per heavy atom. The van der Waals surface area contributed by atoms with E-state index in [9.17, 15) is 0 Å². The van der Waals surface area contributed by atoms with E-state index in [-0.39, 0.29) is 0 Å². The van der Waals surface area contributed by atoms with Gasteiger partial charge in [0, 0.05) is 32.9 Å². The predicted octanol–water partition coefficient (Wildman–Crippen LogP) is 16.5. The summed E-state index contributed by atoms with van der Waals surface area (Å²) in [5.74, 6) is 0. The van der Waals surface area contributed by atoms with Crippen molar-refractivity contribution >= 4 is 104 Å². The second-order valence-corrected chi connectivity index (χ2v) is 16.9. The molecular weight excluding hydrogens is 763 g/mol. The minimum Gasteiger partial charge on any atom is -0.310 e. The molecule has 0 amide bonds. The molecule has 3 heterocycles. The van der Waals surface area contributed by atoms with Crippen molar-refractivity contribution in [3.63, 3.8) is 0 Å². The first-order chi connectivity index (χ1) is 31.2. The van der Waals surface area contributed by atoms with Crippen molar-refractivity contribution in [3.8, 4) is 22.3 Å². The molecule has 0 fully saturated rings. The maximum Gasteiger partial charge on any atom is 0.131 e. The SMILES string of the molecule is c1ccc2c(-c3ccc(N(c4ccc5c(ccc6cc(-c7ccc8c(c7)n7c9ccccc9c9c%10ccccc%10n8c97)ccc65)c4)c4cccc5ccccc45)cc3)cccc2c1. The fraction of sp³-hybridized carbons (Fsp3) is 0. The molecule has 0 spiro atoms. The normalized spacial score (nSPS) is 12.1. The number of anilines is 3. The molecule has 14 aromatic rings. The smallest absolute Gasteiger partial charge is 0.131 e. The minimum atomic E-state index is 1.11. The Morgan fingerprint density at radius 1 is 0.286 bits per heavy atom. The number of aromatic nitrogens is 2.